The number of ether oxygens (including phenoxy) is 1. The molecule has 184 valence electrons. The first kappa shape index (κ1) is 23.6. The summed E-state index contributed by atoms with van der Waals surface area (Å²) in [4.78, 5) is 35.6. The summed E-state index contributed by atoms with van der Waals surface area (Å²) >= 11 is 6.04. The second-order valence-corrected chi connectivity index (χ2v) is 9.99. The van der Waals surface area contributed by atoms with Gasteiger partial charge in [-0.1, -0.05) is 18.0 Å². The molecule has 2 aliphatic rings. The van der Waals surface area contributed by atoms with Crippen LogP contribution in [0.4, 0.5) is 10.5 Å². The number of fused-ring (bicyclic) bond motifs is 3. The average Bonchev–Trinajstić information content (AvgIpc) is 3.23. The minimum Gasteiger partial charge on any atom is -0.481 e. The molecule has 1 N–H and O–H groups in total. The largest absolute Gasteiger partial charge is 0.481 e. The van der Waals surface area contributed by atoms with Crippen LogP contribution in [0.2, 0.25) is 5.02 Å². The molecule has 2 aromatic heterocycles. The van der Waals surface area contributed by atoms with E-state index in [4.69, 9.17) is 21.3 Å². The Morgan fingerprint density at radius 1 is 1.20 bits per heavy atom. The molecule has 3 aromatic rings. The van der Waals surface area contributed by atoms with Gasteiger partial charge in [-0.2, -0.15) is 0 Å². The third-order valence-electron chi connectivity index (χ3n) is 7.39. The Labute approximate surface area is 208 Å². The van der Waals surface area contributed by atoms with E-state index in [2.05, 4.69) is 9.55 Å². The van der Waals surface area contributed by atoms with E-state index in [1.54, 1.807) is 11.1 Å². The summed E-state index contributed by atoms with van der Waals surface area (Å²) in [6.07, 6.45) is 6.41. The number of carboxylic acids is 1. The fourth-order valence-corrected chi connectivity index (χ4v) is 5.76. The number of aryl methyl sites for hydroxylation is 1. The number of carbonyl (C=O) groups is 2. The highest BCUT2D eigenvalue weighted by Gasteiger charge is 2.34. The van der Waals surface area contributed by atoms with Crippen LogP contribution in [-0.2, 0) is 22.4 Å². The molecule has 1 unspecified atom stereocenters. The quantitative estimate of drug-likeness (QED) is 0.519. The zero-order chi connectivity index (χ0) is 24.7. The molecule has 1 amide bonds. The molecule has 0 radical (unpaired) electrons. The van der Waals surface area contributed by atoms with Gasteiger partial charge >= 0.3 is 12.1 Å². The van der Waals surface area contributed by atoms with Crippen LogP contribution in [0, 0.1) is 5.92 Å². The van der Waals surface area contributed by atoms with Crippen molar-refractivity contribution < 1.29 is 19.4 Å². The summed E-state index contributed by atoms with van der Waals surface area (Å²) in [6.45, 7) is 2.02. The van der Waals surface area contributed by atoms with Gasteiger partial charge in [0.25, 0.3) is 0 Å². The Morgan fingerprint density at radius 3 is 2.74 bits per heavy atom. The summed E-state index contributed by atoms with van der Waals surface area (Å²) < 4.78 is 7.29. The monoisotopic (exact) mass is 496 g/mol. The number of amides is 1. The standard InChI is InChI=1S/C26H29ClN4O4/c1-15-6-9-20-21(30(15)26(34)35-2)10-11-22-24(20)29-23(13-18-8-7-17(27)14-28-18)31(22)19-5-3-4-16(12-19)25(32)33/h7-8,10-11,14-16,19H,3-6,9,12-13H2,1-2H3,(H,32,33)/t15?,16-,19-/m1/s1. The number of carbonyl (C=O) groups excluding carboxylic acids is 1. The molecule has 1 aliphatic heterocycles. The summed E-state index contributed by atoms with van der Waals surface area (Å²) in [6, 6.07) is 7.76. The zero-order valence-electron chi connectivity index (χ0n) is 19.9. The van der Waals surface area contributed by atoms with Crippen LogP contribution in [-0.4, -0.2) is 44.9 Å². The number of nitrogens with zero attached hydrogens (tertiary/aromatic N) is 4. The highest BCUT2D eigenvalue weighted by molar-refractivity contribution is 6.30. The molecule has 35 heavy (non-hydrogen) atoms. The van der Waals surface area contributed by atoms with Gasteiger partial charge in [0.1, 0.15) is 5.82 Å². The molecule has 3 atom stereocenters. The van der Waals surface area contributed by atoms with Crippen LogP contribution >= 0.6 is 11.6 Å². The van der Waals surface area contributed by atoms with Gasteiger partial charge in [-0.05, 0) is 63.3 Å². The number of pyridine rings is 1. The highest BCUT2D eigenvalue weighted by Crippen LogP contribution is 2.40. The number of imidazole rings is 1. The van der Waals surface area contributed by atoms with E-state index in [1.807, 2.05) is 31.2 Å². The number of aromatic nitrogens is 3. The Morgan fingerprint density at radius 2 is 2.03 bits per heavy atom. The van der Waals surface area contributed by atoms with Crippen molar-refractivity contribution in [2.24, 2.45) is 5.92 Å². The van der Waals surface area contributed by atoms with Gasteiger partial charge in [-0.25, -0.2) is 9.78 Å². The normalized spacial score (nSPS) is 22.1. The van der Waals surface area contributed by atoms with Crippen LogP contribution in [0.5, 0.6) is 0 Å². The first-order valence-electron chi connectivity index (χ1n) is 12.1. The van der Waals surface area contributed by atoms with Crippen molar-refractivity contribution in [2.45, 2.75) is 64.0 Å². The van der Waals surface area contributed by atoms with E-state index in [-0.39, 0.29) is 24.1 Å². The van der Waals surface area contributed by atoms with Crippen molar-refractivity contribution in [1.82, 2.24) is 14.5 Å². The second kappa shape index (κ2) is 9.49. The number of aliphatic carboxylic acids is 1. The maximum absolute atomic E-state index is 12.6. The molecule has 5 rings (SSSR count). The summed E-state index contributed by atoms with van der Waals surface area (Å²) in [5, 5.41) is 10.3. The first-order chi connectivity index (χ1) is 16.9. The topological polar surface area (TPSA) is 97.5 Å². The van der Waals surface area contributed by atoms with E-state index >= 15 is 0 Å². The van der Waals surface area contributed by atoms with Gasteiger partial charge < -0.3 is 14.4 Å². The average molecular weight is 497 g/mol. The van der Waals surface area contributed by atoms with Crippen LogP contribution in [0.1, 0.15) is 62.2 Å². The predicted octanol–water partition coefficient (Wildman–Crippen LogP) is 5.40. The van der Waals surface area contributed by atoms with Crippen molar-refractivity contribution in [1.29, 1.82) is 0 Å². The molecular weight excluding hydrogens is 468 g/mol. The molecule has 8 nitrogen and oxygen atoms in total. The molecule has 1 aromatic carbocycles. The Bertz CT molecular complexity index is 1270. The van der Waals surface area contributed by atoms with E-state index in [9.17, 15) is 14.7 Å². The minimum atomic E-state index is -0.736. The van der Waals surface area contributed by atoms with Crippen LogP contribution in [0.25, 0.3) is 11.0 Å². The number of carboxylic acid groups (broad SMARTS) is 1. The van der Waals surface area contributed by atoms with Crippen molar-refractivity contribution >= 4 is 40.4 Å². The summed E-state index contributed by atoms with van der Waals surface area (Å²) in [7, 11) is 1.40. The zero-order valence-corrected chi connectivity index (χ0v) is 20.7. The van der Waals surface area contributed by atoms with Crippen molar-refractivity contribution in [2.75, 3.05) is 12.0 Å². The third kappa shape index (κ3) is 4.35. The van der Waals surface area contributed by atoms with E-state index in [0.29, 0.717) is 24.3 Å². The van der Waals surface area contributed by atoms with Crippen molar-refractivity contribution in [3.63, 3.8) is 0 Å². The van der Waals surface area contributed by atoms with E-state index in [1.165, 1.54) is 7.11 Å². The van der Waals surface area contributed by atoms with Gasteiger partial charge in [0, 0.05) is 36.0 Å². The SMILES string of the molecule is COC(=O)N1c2ccc3c(nc(Cc4ccc(Cl)cn4)n3[C@@H]3CCC[C@@H](C(=O)O)C3)c2CCC1C. The third-order valence-corrected chi connectivity index (χ3v) is 7.61. The number of anilines is 1. The maximum Gasteiger partial charge on any atom is 0.414 e. The van der Waals surface area contributed by atoms with E-state index < -0.39 is 5.97 Å². The Balaban J connectivity index is 1.65. The second-order valence-electron chi connectivity index (χ2n) is 9.56. The van der Waals surface area contributed by atoms with Crippen molar-refractivity contribution in [3.8, 4) is 0 Å². The van der Waals surface area contributed by atoms with Crippen LogP contribution < -0.4 is 4.90 Å². The molecule has 9 heteroatoms. The Kier molecular flexibility index (Phi) is 6.40. The number of hydrogen-bond acceptors (Lipinski definition) is 5. The molecular formula is C26H29ClN4O4. The molecule has 1 saturated carbocycles. The smallest absolute Gasteiger partial charge is 0.414 e. The summed E-state index contributed by atoms with van der Waals surface area (Å²) in [5.74, 6) is -0.247. The lowest BCUT2D eigenvalue weighted by Crippen LogP contribution is -2.42. The minimum absolute atomic E-state index is 0.0295. The van der Waals surface area contributed by atoms with Crippen molar-refractivity contribution in [3.05, 3.63) is 52.6 Å². The Hall–Kier alpha value is -3.13. The van der Waals surface area contributed by atoms with Crippen LogP contribution in [0.15, 0.2) is 30.5 Å². The lowest BCUT2D eigenvalue weighted by Gasteiger charge is -2.34. The van der Waals surface area contributed by atoms with Gasteiger partial charge in [0.15, 0.2) is 0 Å². The number of benzene rings is 1. The van der Waals surface area contributed by atoms with Gasteiger partial charge in [-0.15, -0.1) is 0 Å². The van der Waals surface area contributed by atoms with Crippen LogP contribution in [0.3, 0.4) is 0 Å². The number of rotatable bonds is 4. The molecule has 0 saturated heterocycles. The lowest BCUT2D eigenvalue weighted by molar-refractivity contribution is -0.143. The van der Waals surface area contributed by atoms with E-state index in [0.717, 1.165) is 59.5 Å². The predicted molar refractivity (Wildman–Crippen MR) is 133 cm³/mol. The maximum atomic E-state index is 12.6. The molecule has 1 aliphatic carbocycles. The molecule has 1 fully saturated rings. The number of halogens is 1. The lowest BCUT2D eigenvalue weighted by atomic mass is 9.85. The van der Waals surface area contributed by atoms with Gasteiger partial charge in [0.05, 0.1) is 34.8 Å². The van der Waals surface area contributed by atoms with Gasteiger partial charge in [-0.3, -0.25) is 14.7 Å². The number of methoxy groups -OCH3 is 1. The fraction of sp³-hybridized carbons (Fsp3) is 0.462. The highest BCUT2D eigenvalue weighted by atomic mass is 35.5. The van der Waals surface area contributed by atoms with Gasteiger partial charge in [0.2, 0.25) is 0 Å². The number of hydrogen-bond donors (Lipinski definition) is 1. The molecule has 3 heterocycles. The molecule has 0 spiro atoms. The summed E-state index contributed by atoms with van der Waals surface area (Å²) in [5.41, 5.74) is 4.54. The fourth-order valence-electron chi connectivity index (χ4n) is 5.65. The first-order valence-corrected chi connectivity index (χ1v) is 12.5. The molecule has 0 bridgehead atoms.